The number of carbonyl (C=O) groups excluding carboxylic acids is 1. The molecule has 1 N–H and O–H groups in total. The summed E-state index contributed by atoms with van der Waals surface area (Å²) in [5, 5.41) is 0. The van der Waals surface area contributed by atoms with Gasteiger partial charge in [0.15, 0.2) is 5.43 Å². The second-order valence-corrected chi connectivity index (χ2v) is 2.58. The molecule has 1 aromatic rings. The summed E-state index contributed by atoms with van der Waals surface area (Å²) in [7, 11) is 0.898. The number of H-pyrrole nitrogens is 1. The van der Waals surface area contributed by atoms with Crippen molar-refractivity contribution >= 4 is 5.97 Å². The fourth-order valence-corrected chi connectivity index (χ4v) is 1.01. The van der Waals surface area contributed by atoms with Crippen LogP contribution in [0.3, 0.4) is 0 Å². The number of esters is 1. The van der Waals surface area contributed by atoms with Crippen LogP contribution in [0, 0.1) is 0 Å². The normalized spacial score (nSPS) is 10.2. The number of hydrogen-bond donors (Lipinski definition) is 1. The van der Waals surface area contributed by atoms with Crippen LogP contribution in [0.25, 0.3) is 0 Å². The van der Waals surface area contributed by atoms with E-state index in [0.717, 1.165) is 19.4 Å². The number of aromatic amines is 1. The molecule has 17 heavy (non-hydrogen) atoms. The highest BCUT2D eigenvalue weighted by atomic mass is 19.4. The minimum Gasteiger partial charge on any atom is -0.465 e. The Bertz CT molecular complexity index is 437. The van der Waals surface area contributed by atoms with Gasteiger partial charge in [-0.15, -0.1) is 0 Å². The molecule has 0 bridgehead atoms. The van der Waals surface area contributed by atoms with Crippen molar-refractivity contribution < 1.29 is 22.7 Å². The zero-order valence-corrected chi connectivity index (χ0v) is 9.51. The Morgan fingerprint density at radius 3 is 2.29 bits per heavy atom. The molecule has 0 unspecified atom stereocenters. The fraction of sp³-hybridized carbons (Fsp3) is 0.400. The van der Waals surface area contributed by atoms with Crippen molar-refractivity contribution in [1.29, 1.82) is 0 Å². The monoisotopic (exact) mass is 251 g/mol. The van der Waals surface area contributed by atoms with Crippen molar-refractivity contribution in [2.45, 2.75) is 20.0 Å². The summed E-state index contributed by atoms with van der Waals surface area (Å²) in [6.07, 6.45) is -3.98. The van der Waals surface area contributed by atoms with Gasteiger partial charge >= 0.3 is 12.1 Å². The van der Waals surface area contributed by atoms with Crippen molar-refractivity contribution in [1.82, 2.24) is 4.98 Å². The van der Waals surface area contributed by atoms with Crippen molar-refractivity contribution in [3.05, 3.63) is 33.7 Å². The van der Waals surface area contributed by atoms with Crippen LogP contribution < -0.4 is 5.43 Å². The predicted molar refractivity (Wildman–Crippen MR) is 54.8 cm³/mol. The molecule has 0 aliphatic carbocycles. The Balaban J connectivity index is 0.00000121. The van der Waals surface area contributed by atoms with E-state index in [4.69, 9.17) is 0 Å². The smallest absolute Gasteiger partial charge is 0.432 e. The SMILES string of the molecule is CC.COC(=O)c1c(C(F)(F)F)[nH]ccc1=O. The van der Waals surface area contributed by atoms with Gasteiger partial charge in [-0.3, -0.25) is 4.79 Å². The first-order valence-corrected chi connectivity index (χ1v) is 4.75. The highest BCUT2D eigenvalue weighted by Gasteiger charge is 2.37. The van der Waals surface area contributed by atoms with E-state index in [0.29, 0.717) is 0 Å². The minimum absolute atomic E-state index is 0.817. The van der Waals surface area contributed by atoms with E-state index < -0.39 is 28.8 Å². The van der Waals surface area contributed by atoms with Gasteiger partial charge in [-0.1, -0.05) is 13.8 Å². The summed E-state index contributed by atoms with van der Waals surface area (Å²) < 4.78 is 41.1. The second kappa shape index (κ2) is 6.07. The van der Waals surface area contributed by atoms with Crippen molar-refractivity contribution in [3.8, 4) is 0 Å². The van der Waals surface area contributed by atoms with Gasteiger partial charge < -0.3 is 9.72 Å². The Morgan fingerprint density at radius 2 is 1.88 bits per heavy atom. The zero-order chi connectivity index (χ0) is 13.6. The number of alkyl halides is 3. The number of pyridine rings is 1. The molecule has 1 heterocycles. The average Bonchev–Trinajstić information content (AvgIpc) is 2.29. The summed E-state index contributed by atoms with van der Waals surface area (Å²) in [5.74, 6) is -1.32. The van der Waals surface area contributed by atoms with Gasteiger partial charge in [-0.05, 0) is 0 Å². The number of aromatic nitrogens is 1. The second-order valence-electron chi connectivity index (χ2n) is 2.58. The first kappa shape index (κ1) is 15.2. The van der Waals surface area contributed by atoms with Crippen LogP contribution >= 0.6 is 0 Å². The lowest BCUT2D eigenvalue weighted by Gasteiger charge is -2.09. The Kier molecular flexibility index (Phi) is 5.43. The van der Waals surface area contributed by atoms with Gasteiger partial charge in [-0.25, -0.2) is 4.79 Å². The lowest BCUT2D eigenvalue weighted by Crippen LogP contribution is -2.24. The van der Waals surface area contributed by atoms with E-state index in [-0.39, 0.29) is 0 Å². The van der Waals surface area contributed by atoms with Gasteiger partial charge in [0.1, 0.15) is 11.3 Å². The third-order valence-corrected chi connectivity index (χ3v) is 1.63. The van der Waals surface area contributed by atoms with Crippen LogP contribution in [0.1, 0.15) is 29.9 Å². The fourth-order valence-electron chi connectivity index (χ4n) is 1.01. The van der Waals surface area contributed by atoms with Crippen LogP contribution in [0.2, 0.25) is 0 Å². The highest BCUT2D eigenvalue weighted by molar-refractivity contribution is 5.90. The molecule has 0 fully saturated rings. The molecule has 0 atom stereocenters. The van der Waals surface area contributed by atoms with Gasteiger partial charge in [-0.2, -0.15) is 13.2 Å². The molecular weight excluding hydrogens is 239 g/mol. The average molecular weight is 251 g/mol. The zero-order valence-electron chi connectivity index (χ0n) is 9.51. The number of rotatable bonds is 1. The lowest BCUT2D eigenvalue weighted by molar-refractivity contribution is -0.141. The highest BCUT2D eigenvalue weighted by Crippen LogP contribution is 2.28. The summed E-state index contributed by atoms with van der Waals surface area (Å²) >= 11 is 0. The Morgan fingerprint density at radius 1 is 1.35 bits per heavy atom. The van der Waals surface area contributed by atoms with Crippen LogP contribution in [-0.4, -0.2) is 18.1 Å². The van der Waals surface area contributed by atoms with E-state index in [2.05, 4.69) is 4.74 Å². The third-order valence-electron chi connectivity index (χ3n) is 1.63. The summed E-state index contributed by atoms with van der Waals surface area (Å²) in [6, 6.07) is 0.821. The van der Waals surface area contributed by atoms with E-state index in [1.165, 1.54) is 0 Å². The molecule has 4 nitrogen and oxygen atoms in total. The number of hydrogen-bond acceptors (Lipinski definition) is 3. The van der Waals surface area contributed by atoms with Gasteiger partial charge in [0.25, 0.3) is 0 Å². The summed E-state index contributed by atoms with van der Waals surface area (Å²) in [5.41, 5.74) is -3.47. The van der Waals surface area contributed by atoms with Crippen LogP contribution in [-0.2, 0) is 10.9 Å². The maximum atomic E-state index is 12.3. The maximum absolute atomic E-state index is 12.3. The van der Waals surface area contributed by atoms with Crippen molar-refractivity contribution in [3.63, 3.8) is 0 Å². The van der Waals surface area contributed by atoms with Gasteiger partial charge in [0, 0.05) is 12.3 Å². The standard InChI is InChI=1S/C8H6F3NO3.C2H6/c1-15-7(14)5-4(13)2-3-12-6(5)8(9,10)11;1-2/h2-3H,1H3,(H,12,13);1-2H3. The summed E-state index contributed by atoms with van der Waals surface area (Å²) in [6.45, 7) is 4.00. The van der Waals surface area contributed by atoms with Crippen molar-refractivity contribution in [2.24, 2.45) is 0 Å². The number of methoxy groups -OCH3 is 1. The van der Waals surface area contributed by atoms with Crippen molar-refractivity contribution in [2.75, 3.05) is 7.11 Å². The van der Waals surface area contributed by atoms with Crippen LogP contribution in [0.5, 0.6) is 0 Å². The number of nitrogens with one attached hydrogen (secondary N) is 1. The molecule has 0 amide bonds. The Labute approximate surface area is 95.4 Å². The van der Waals surface area contributed by atoms with Gasteiger partial charge in [0.05, 0.1) is 7.11 Å². The third kappa shape index (κ3) is 3.61. The molecule has 1 rings (SSSR count). The minimum atomic E-state index is -4.80. The largest absolute Gasteiger partial charge is 0.465 e. The number of ether oxygens (including phenoxy) is 1. The van der Waals surface area contributed by atoms with E-state index in [9.17, 15) is 22.8 Å². The molecule has 0 aromatic carbocycles. The van der Waals surface area contributed by atoms with E-state index >= 15 is 0 Å². The molecule has 0 aliphatic rings. The van der Waals surface area contributed by atoms with Crippen LogP contribution in [0.15, 0.2) is 17.1 Å². The lowest BCUT2D eigenvalue weighted by atomic mass is 10.2. The molecule has 96 valence electrons. The molecule has 1 aromatic heterocycles. The molecule has 7 heteroatoms. The number of carbonyl (C=O) groups is 1. The molecule has 0 saturated carbocycles. The van der Waals surface area contributed by atoms with E-state index in [1.807, 2.05) is 18.8 Å². The predicted octanol–water partition coefficient (Wildman–Crippen LogP) is 2.21. The number of halogens is 3. The maximum Gasteiger partial charge on any atom is 0.432 e. The van der Waals surface area contributed by atoms with E-state index in [1.54, 1.807) is 0 Å². The molecular formula is C10H12F3NO3. The van der Waals surface area contributed by atoms with Crippen LogP contribution in [0.4, 0.5) is 13.2 Å². The summed E-state index contributed by atoms with van der Waals surface area (Å²) in [4.78, 5) is 23.8. The molecule has 0 spiro atoms. The quantitative estimate of drug-likeness (QED) is 0.778. The van der Waals surface area contributed by atoms with Gasteiger partial charge in [0.2, 0.25) is 0 Å². The topological polar surface area (TPSA) is 59.2 Å². The Hall–Kier alpha value is -1.79. The molecule has 0 aliphatic heterocycles. The first-order valence-electron chi connectivity index (χ1n) is 4.75. The first-order chi connectivity index (χ1) is 7.88. The molecule has 0 saturated heterocycles. The molecule has 0 radical (unpaired) electrons.